The summed E-state index contributed by atoms with van der Waals surface area (Å²) < 4.78 is 11.3. The van der Waals surface area contributed by atoms with Gasteiger partial charge in [-0.25, -0.2) is 0 Å². The molecule has 0 saturated carbocycles. The summed E-state index contributed by atoms with van der Waals surface area (Å²) in [6.45, 7) is 13.7. The van der Waals surface area contributed by atoms with E-state index in [2.05, 4.69) is 39.9 Å². The quantitative estimate of drug-likeness (QED) is 0.632. The Balaban J connectivity index is 3.46. The molecular weight excluding hydrogens is 190 g/mol. The average Bonchev–Trinajstić information content (AvgIpc) is 2.15. The molecule has 0 spiro atoms. The lowest BCUT2D eigenvalue weighted by molar-refractivity contribution is -0.0515. The maximum absolute atomic E-state index is 5.70. The maximum atomic E-state index is 5.70. The fraction of sp³-hybridized carbons (Fsp3) is 1.00. The molecule has 0 rings (SSSR count). The number of hydrogen-bond acceptors (Lipinski definition) is 3. The Labute approximate surface area is 94.5 Å². The van der Waals surface area contributed by atoms with E-state index in [1.54, 1.807) is 0 Å². The van der Waals surface area contributed by atoms with E-state index in [-0.39, 0.29) is 5.60 Å². The summed E-state index contributed by atoms with van der Waals surface area (Å²) in [4.78, 5) is 0. The molecule has 0 aliphatic heterocycles. The van der Waals surface area contributed by atoms with Gasteiger partial charge in [0.15, 0.2) is 0 Å². The normalized spacial score (nSPS) is 14.2. The molecule has 0 aliphatic rings. The summed E-state index contributed by atoms with van der Waals surface area (Å²) >= 11 is 0. The van der Waals surface area contributed by atoms with E-state index in [0.29, 0.717) is 19.3 Å². The summed E-state index contributed by atoms with van der Waals surface area (Å²) in [6.07, 6.45) is 1.36. The Morgan fingerprint density at radius 1 is 1.13 bits per heavy atom. The smallest absolute Gasteiger partial charge is 0.0707 e. The predicted molar refractivity (Wildman–Crippen MR) is 64.3 cm³/mol. The second-order valence-corrected chi connectivity index (χ2v) is 4.67. The second kappa shape index (κ2) is 8.08. The van der Waals surface area contributed by atoms with E-state index in [9.17, 15) is 0 Å². The molecule has 0 aliphatic carbocycles. The van der Waals surface area contributed by atoms with Crippen molar-refractivity contribution >= 4 is 0 Å². The molecule has 3 nitrogen and oxygen atoms in total. The average molecular weight is 217 g/mol. The first-order chi connectivity index (χ1) is 6.99. The van der Waals surface area contributed by atoms with Crippen LogP contribution in [0.5, 0.6) is 0 Å². The van der Waals surface area contributed by atoms with Gasteiger partial charge in [0.05, 0.1) is 24.9 Å². The summed E-state index contributed by atoms with van der Waals surface area (Å²) in [6, 6.07) is 0. The molecule has 92 valence electrons. The molecule has 15 heavy (non-hydrogen) atoms. The topological polar surface area (TPSA) is 30.5 Å². The number of likely N-dealkylation sites (N-methyl/N-ethyl adjacent to an activating group) is 1. The highest BCUT2D eigenvalue weighted by Gasteiger charge is 2.10. The Bertz CT molecular complexity index is 143. The first-order valence-electron chi connectivity index (χ1n) is 5.95. The van der Waals surface area contributed by atoms with Gasteiger partial charge in [-0.15, -0.1) is 0 Å². The van der Waals surface area contributed by atoms with Crippen molar-refractivity contribution < 1.29 is 9.47 Å². The lowest BCUT2D eigenvalue weighted by Gasteiger charge is -2.21. The molecule has 0 aromatic rings. The minimum absolute atomic E-state index is 0.0628. The summed E-state index contributed by atoms with van der Waals surface area (Å²) in [5.74, 6) is 0. The van der Waals surface area contributed by atoms with Gasteiger partial charge in [0.1, 0.15) is 0 Å². The highest BCUT2D eigenvalue weighted by atomic mass is 16.5. The van der Waals surface area contributed by atoms with Crippen molar-refractivity contribution in [2.45, 2.75) is 52.7 Å². The largest absolute Gasteiger partial charge is 0.375 e. The summed E-state index contributed by atoms with van der Waals surface area (Å²) in [5, 5.41) is 3.29. The van der Waals surface area contributed by atoms with Gasteiger partial charge >= 0.3 is 0 Å². The molecule has 1 unspecified atom stereocenters. The van der Waals surface area contributed by atoms with Crippen LogP contribution in [0.4, 0.5) is 0 Å². The van der Waals surface area contributed by atoms with E-state index in [1.807, 2.05) is 0 Å². The van der Waals surface area contributed by atoms with Crippen molar-refractivity contribution in [2.24, 2.45) is 0 Å². The number of hydrogen-bond donors (Lipinski definition) is 1. The molecule has 0 aromatic heterocycles. The van der Waals surface area contributed by atoms with Gasteiger partial charge in [-0.1, -0.05) is 13.8 Å². The van der Waals surface area contributed by atoms with Gasteiger partial charge in [-0.3, -0.25) is 0 Å². The molecule has 0 heterocycles. The summed E-state index contributed by atoms with van der Waals surface area (Å²) in [7, 11) is 0. The lowest BCUT2D eigenvalue weighted by atomic mass is 10.2. The molecular formula is C12H27NO2. The van der Waals surface area contributed by atoms with Crippen LogP contribution in [-0.4, -0.2) is 38.0 Å². The summed E-state index contributed by atoms with van der Waals surface area (Å²) in [5.41, 5.74) is -0.0628. The molecule has 1 atom stereocenters. The van der Waals surface area contributed by atoms with Crippen LogP contribution in [0.25, 0.3) is 0 Å². The van der Waals surface area contributed by atoms with Crippen LogP contribution < -0.4 is 5.32 Å². The Kier molecular flexibility index (Phi) is 8.02. The molecule has 0 bridgehead atoms. The lowest BCUT2D eigenvalue weighted by Crippen LogP contribution is -2.30. The van der Waals surface area contributed by atoms with E-state index >= 15 is 0 Å². The van der Waals surface area contributed by atoms with Crippen LogP contribution in [-0.2, 0) is 9.47 Å². The molecule has 0 radical (unpaired) electrons. The van der Waals surface area contributed by atoms with Crippen molar-refractivity contribution in [3.8, 4) is 0 Å². The Morgan fingerprint density at radius 3 is 2.27 bits per heavy atom. The number of ether oxygens (including phenoxy) is 2. The molecule has 0 amide bonds. The van der Waals surface area contributed by atoms with Gasteiger partial charge in [-0.2, -0.15) is 0 Å². The molecule has 0 saturated heterocycles. The predicted octanol–water partition coefficient (Wildman–Crippen LogP) is 2.21. The Hall–Kier alpha value is -0.120. The minimum atomic E-state index is -0.0628. The van der Waals surface area contributed by atoms with E-state index < -0.39 is 0 Å². The van der Waals surface area contributed by atoms with Crippen molar-refractivity contribution in [3.63, 3.8) is 0 Å². The second-order valence-electron chi connectivity index (χ2n) is 4.67. The third-order valence-electron chi connectivity index (χ3n) is 2.05. The molecule has 1 N–H and O–H groups in total. The first-order valence-corrected chi connectivity index (χ1v) is 5.95. The van der Waals surface area contributed by atoms with Gasteiger partial charge in [0, 0.05) is 6.54 Å². The van der Waals surface area contributed by atoms with Crippen LogP contribution in [0.1, 0.15) is 41.0 Å². The zero-order valence-electron chi connectivity index (χ0n) is 10.9. The third kappa shape index (κ3) is 10.2. The highest BCUT2D eigenvalue weighted by molar-refractivity contribution is 4.60. The zero-order chi connectivity index (χ0) is 11.7. The number of rotatable bonds is 8. The monoisotopic (exact) mass is 217 g/mol. The molecule has 0 aromatic carbocycles. The fourth-order valence-electron chi connectivity index (χ4n) is 1.19. The van der Waals surface area contributed by atoms with Crippen LogP contribution in [0.3, 0.4) is 0 Å². The van der Waals surface area contributed by atoms with Crippen LogP contribution in [0.15, 0.2) is 0 Å². The van der Waals surface area contributed by atoms with Gasteiger partial charge in [-0.05, 0) is 33.7 Å². The zero-order valence-corrected chi connectivity index (χ0v) is 10.9. The van der Waals surface area contributed by atoms with Crippen molar-refractivity contribution in [3.05, 3.63) is 0 Å². The number of nitrogens with one attached hydrogen (secondary N) is 1. The minimum Gasteiger partial charge on any atom is -0.375 e. The molecule has 0 fully saturated rings. The first kappa shape index (κ1) is 14.9. The van der Waals surface area contributed by atoms with Gasteiger partial charge in [0.2, 0.25) is 0 Å². The van der Waals surface area contributed by atoms with Gasteiger partial charge < -0.3 is 14.8 Å². The van der Waals surface area contributed by atoms with Crippen molar-refractivity contribution in [1.82, 2.24) is 5.32 Å². The fourth-order valence-corrected chi connectivity index (χ4v) is 1.19. The van der Waals surface area contributed by atoms with Gasteiger partial charge in [0.25, 0.3) is 0 Å². The van der Waals surface area contributed by atoms with Crippen molar-refractivity contribution in [2.75, 3.05) is 26.3 Å². The van der Waals surface area contributed by atoms with Crippen LogP contribution in [0.2, 0.25) is 0 Å². The van der Waals surface area contributed by atoms with E-state index in [1.165, 1.54) is 0 Å². The highest BCUT2D eigenvalue weighted by Crippen LogP contribution is 2.06. The molecule has 3 heteroatoms. The Morgan fingerprint density at radius 2 is 1.80 bits per heavy atom. The van der Waals surface area contributed by atoms with E-state index in [4.69, 9.17) is 9.47 Å². The van der Waals surface area contributed by atoms with Crippen molar-refractivity contribution in [1.29, 1.82) is 0 Å². The van der Waals surface area contributed by atoms with Crippen LogP contribution in [0, 0.1) is 0 Å². The standard InChI is InChI=1S/C12H27NO2/c1-6-11(10-13-7-2)14-8-9-15-12(3,4)5/h11,13H,6-10H2,1-5H3. The SMILES string of the molecule is CCNCC(CC)OCCOC(C)(C)C. The van der Waals surface area contributed by atoms with Crippen LogP contribution >= 0.6 is 0 Å². The third-order valence-corrected chi connectivity index (χ3v) is 2.05. The van der Waals surface area contributed by atoms with E-state index in [0.717, 1.165) is 19.5 Å². The maximum Gasteiger partial charge on any atom is 0.0707 e.